The van der Waals surface area contributed by atoms with Crippen LogP contribution in [0, 0.1) is 24.7 Å². The highest BCUT2D eigenvalue weighted by atomic mass is 16.3. The first-order valence-electron chi connectivity index (χ1n) is 7.10. The lowest BCUT2D eigenvalue weighted by Gasteiger charge is -2.16. The molecule has 2 fully saturated rings. The predicted octanol–water partition coefficient (Wildman–Crippen LogP) is 2.62. The van der Waals surface area contributed by atoms with E-state index >= 15 is 0 Å². The van der Waals surface area contributed by atoms with Gasteiger partial charge in [-0.2, -0.15) is 0 Å². The maximum absolute atomic E-state index is 9.74. The van der Waals surface area contributed by atoms with Crippen LogP contribution in [0.25, 0.3) is 0 Å². The van der Waals surface area contributed by atoms with Gasteiger partial charge in [-0.15, -0.1) is 0 Å². The fourth-order valence-electron chi connectivity index (χ4n) is 2.86. The number of hydrogen-bond acceptors (Lipinski definition) is 3. The minimum Gasteiger partial charge on any atom is -0.506 e. The van der Waals surface area contributed by atoms with Gasteiger partial charge in [0.15, 0.2) is 0 Å². The number of pyridine rings is 1. The fourth-order valence-corrected chi connectivity index (χ4v) is 2.86. The Morgan fingerprint density at radius 2 is 1.94 bits per heavy atom. The molecule has 0 amide bonds. The summed E-state index contributed by atoms with van der Waals surface area (Å²) in [5, 5.41) is 13.2. The highest BCUT2D eigenvalue weighted by Gasteiger charge is 2.40. The van der Waals surface area contributed by atoms with Crippen LogP contribution in [0.2, 0.25) is 0 Å². The van der Waals surface area contributed by atoms with E-state index in [0.29, 0.717) is 12.3 Å². The summed E-state index contributed by atoms with van der Waals surface area (Å²) in [5.41, 5.74) is 1.74. The molecule has 0 unspecified atom stereocenters. The Hall–Kier alpha value is -1.09. The molecule has 1 aromatic heterocycles. The molecule has 0 saturated heterocycles. The molecule has 0 radical (unpaired) electrons. The molecule has 0 aliphatic heterocycles. The summed E-state index contributed by atoms with van der Waals surface area (Å²) in [6.45, 7) is 3.73. The van der Waals surface area contributed by atoms with Gasteiger partial charge in [-0.05, 0) is 69.0 Å². The zero-order valence-corrected chi connectivity index (χ0v) is 11.0. The SMILES string of the molecule is Cc1ccc(O)c(CNCC(C2CC2)C2CC2)n1. The molecule has 18 heavy (non-hydrogen) atoms. The summed E-state index contributed by atoms with van der Waals surface area (Å²) in [4.78, 5) is 4.38. The van der Waals surface area contributed by atoms with Gasteiger partial charge in [-0.1, -0.05) is 0 Å². The van der Waals surface area contributed by atoms with Crippen molar-refractivity contribution in [3.8, 4) is 5.75 Å². The van der Waals surface area contributed by atoms with E-state index < -0.39 is 0 Å². The first kappa shape index (κ1) is 12.0. The van der Waals surface area contributed by atoms with Gasteiger partial charge >= 0.3 is 0 Å². The molecule has 2 aliphatic rings. The van der Waals surface area contributed by atoms with Crippen LogP contribution in [0.4, 0.5) is 0 Å². The number of hydrogen-bond donors (Lipinski definition) is 2. The van der Waals surface area contributed by atoms with Crippen LogP contribution in [-0.4, -0.2) is 16.6 Å². The Morgan fingerprint density at radius 3 is 2.56 bits per heavy atom. The number of aromatic nitrogens is 1. The van der Waals surface area contributed by atoms with E-state index in [-0.39, 0.29) is 0 Å². The van der Waals surface area contributed by atoms with Crippen molar-refractivity contribution < 1.29 is 5.11 Å². The molecule has 2 saturated carbocycles. The lowest BCUT2D eigenvalue weighted by atomic mass is 9.98. The van der Waals surface area contributed by atoms with E-state index in [9.17, 15) is 5.11 Å². The van der Waals surface area contributed by atoms with Crippen LogP contribution in [0.1, 0.15) is 37.1 Å². The van der Waals surface area contributed by atoms with Crippen molar-refractivity contribution in [1.82, 2.24) is 10.3 Å². The van der Waals surface area contributed by atoms with Crippen LogP contribution in [-0.2, 0) is 6.54 Å². The summed E-state index contributed by atoms with van der Waals surface area (Å²) < 4.78 is 0. The van der Waals surface area contributed by atoms with Crippen LogP contribution in [0.3, 0.4) is 0 Å². The second-order valence-corrected chi connectivity index (χ2v) is 5.89. The van der Waals surface area contributed by atoms with Crippen molar-refractivity contribution in [2.45, 2.75) is 39.2 Å². The molecule has 0 spiro atoms. The van der Waals surface area contributed by atoms with E-state index in [0.717, 1.165) is 35.7 Å². The third kappa shape index (κ3) is 2.83. The van der Waals surface area contributed by atoms with Crippen LogP contribution in [0.5, 0.6) is 5.75 Å². The van der Waals surface area contributed by atoms with Crippen LogP contribution < -0.4 is 5.32 Å². The molecule has 1 heterocycles. The maximum atomic E-state index is 9.74. The third-order valence-electron chi connectivity index (χ3n) is 4.22. The van der Waals surface area contributed by atoms with E-state index in [1.165, 1.54) is 25.7 Å². The molecular formula is C15H22N2O. The minimum absolute atomic E-state index is 0.308. The van der Waals surface area contributed by atoms with E-state index in [2.05, 4.69) is 10.3 Å². The predicted molar refractivity (Wildman–Crippen MR) is 71.3 cm³/mol. The van der Waals surface area contributed by atoms with E-state index in [1.807, 2.05) is 13.0 Å². The highest BCUT2D eigenvalue weighted by Crippen LogP contribution is 2.48. The Bertz CT molecular complexity index is 413. The van der Waals surface area contributed by atoms with Crippen molar-refractivity contribution in [3.63, 3.8) is 0 Å². The summed E-state index contributed by atoms with van der Waals surface area (Å²) in [6, 6.07) is 3.58. The topological polar surface area (TPSA) is 45.1 Å². The Kier molecular flexibility index (Phi) is 3.25. The molecule has 0 aromatic carbocycles. The molecule has 98 valence electrons. The summed E-state index contributed by atoms with van der Waals surface area (Å²) in [7, 11) is 0. The lowest BCUT2D eigenvalue weighted by molar-refractivity contribution is 0.374. The van der Waals surface area contributed by atoms with Crippen molar-refractivity contribution in [2.24, 2.45) is 17.8 Å². The Balaban J connectivity index is 1.52. The van der Waals surface area contributed by atoms with Gasteiger partial charge in [0, 0.05) is 12.2 Å². The molecule has 3 nitrogen and oxygen atoms in total. The minimum atomic E-state index is 0.308. The van der Waals surface area contributed by atoms with Crippen molar-refractivity contribution >= 4 is 0 Å². The standard InChI is InChI=1S/C15H22N2O/c1-10-2-7-15(18)14(17-10)9-16-8-13(11-3-4-11)12-5-6-12/h2,7,11-13,16,18H,3-6,8-9H2,1H3. The molecule has 3 rings (SSSR count). The smallest absolute Gasteiger partial charge is 0.138 e. The first-order chi connectivity index (χ1) is 8.74. The lowest BCUT2D eigenvalue weighted by Crippen LogP contribution is -2.25. The van der Waals surface area contributed by atoms with Gasteiger partial charge in [-0.3, -0.25) is 4.98 Å². The summed E-state index contributed by atoms with van der Waals surface area (Å²) in [6.07, 6.45) is 5.71. The molecule has 3 heteroatoms. The molecular weight excluding hydrogens is 224 g/mol. The zero-order valence-electron chi connectivity index (χ0n) is 11.0. The zero-order chi connectivity index (χ0) is 12.5. The van der Waals surface area contributed by atoms with Crippen LogP contribution >= 0.6 is 0 Å². The quantitative estimate of drug-likeness (QED) is 0.811. The summed E-state index contributed by atoms with van der Waals surface area (Å²) in [5.74, 6) is 3.13. The van der Waals surface area contributed by atoms with Gasteiger partial charge < -0.3 is 10.4 Å². The van der Waals surface area contributed by atoms with Crippen molar-refractivity contribution in [1.29, 1.82) is 0 Å². The molecule has 1 aromatic rings. The monoisotopic (exact) mass is 246 g/mol. The number of rotatable bonds is 6. The molecule has 0 atom stereocenters. The second-order valence-electron chi connectivity index (χ2n) is 5.89. The number of aromatic hydroxyl groups is 1. The van der Waals surface area contributed by atoms with Crippen molar-refractivity contribution in [3.05, 3.63) is 23.5 Å². The maximum Gasteiger partial charge on any atom is 0.138 e. The van der Waals surface area contributed by atoms with Gasteiger partial charge in [0.05, 0.1) is 5.69 Å². The fraction of sp³-hybridized carbons (Fsp3) is 0.667. The second kappa shape index (κ2) is 4.88. The van der Waals surface area contributed by atoms with E-state index in [1.54, 1.807) is 6.07 Å². The number of nitrogens with one attached hydrogen (secondary N) is 1. The molecule has 2 N–H and O–H groups in total. The normalized spacial score (nSPS) is 19.4. The highest BCUT2D eigenvalue weighted by molar-refractivity contribution is 5.27. The Morgan fingerprint density at radius 1 is 1.28 bits per heavy atom. The Labute approximate surface area is 109 Å². The van der Waals surface area contributed by atoms with Gasteiger partial charge in [0.1, 0.15) is 5.75 Å². The van der Waals surface area contributed by atoms with Gasteiger partial charge in [0.2, 0.25) is 0 Å². The molecule has 0 bridgehead atoms. The van der Waals surface area contributed by atoms with E-state index in [4.69, 9.17) is 0 Å². The molecule has 2 aliphatic carbocycles. The van der Waals surface area contributed by atoms with Crippen molar-refractivity contribution in [2.75, 3.05) is 6.54 Å². The number of nitrogens with zero attached hydrogens (tertiary/aromatic N) is 1. The van der Waals surface area contributed by atoms with Crippen LogP contribution in [0.15, 0.2) is 12.1 Å². The first-order valence-corrected chi connectivity index (χ1v) is 7.10. The average molecular weight is 246 g/mol. The summed E-state index contributed by atoms with van der Waals surface area (Å²) >= 11 is 0. The van der Waals surface area contributed by atoms with Gasteiger partial charge in [0.25, 0.3) is 0 Å². The number of aryl methyl sites for hydroxylation is 1. The largest absolute Gasteiger partial charge is 0.506 e. The average Bonchev–Trinajstić information content (AvgIpc) is 3.22. The third-order valence-corrected chi connectivity index (χ3v) is 4.22. The van der Waals surface area contributed by atoms with Gasteiger partial charge in [-0.25, -0.2) is 0 Å².